The SMILES string of the molecule is CC.CC1=NCC(C)N1CCN(CCCCCN(CCn1c(C)cnc1C)CCn1c([N+](=O)[O-])cnc1C)CCn1c([N+](=O)[O-])cnc1C. The molecular formula is C33H56N12O4. The standard InChI is InChI=1S/C31H50N12O4.C2H6/c1-24-20-32-26(3)38(24)16-12-36(14-18-40-28(5)34-22-30(40)42(44)45)10-8-7-9-11-37(13-17-39-25(2)21-33-27(39)4)15-19-41-29(6)35-23-31(41)43(46)47;1-2/h20,22-23,25H,7-19,21H2,1-6H3;1-2H3. The minimum Gasteiger partial charge on any atom is -0.358 e. The molecule has 1 unspecified atom stereocenters. The van der Waals surface area contributed by atoms with E-state index in [2.05, 4.69) is 60.0 Å². The predicted octanol–water partition coefficient (Wildman–Crippen LogP) is 4.65. The number of rotatable bonds is 20. The van der Waals surface area contributed by atoms with Crippen molar-refractivity contribution in [1.82, 2.24) is 43.4 Å². The molecule has 4 rings (SSSR count). The van der Waals surface area contributed by atoms with Crippen LogP contribution in [0.15, 0.2) is 23.6 Å². The summed E-state index contributed by atoms with van der Waals surface area (Å²) in [5.41, 5.74) is 1.12. The summed E-state index contributed by atoms with van der Waals surface area (Å²) >= 11 is 0. The van der Waals surface area contributed by atoms with Crippen LogP contribution in [0.5, 0.6) is 0 Å². The molecule has 272 valence electrons. The Morgan fingerprint density at radius 1 is 0.673 bits per heavy atom. The van der Waals surface area contributed by atoms with Crippen molar-refractivity contribution in [2.45, 2.75) is 100 Å². The molecule has 0 aliphatic carbocycles. The minimum absolute atomic E-state index is 0.0184. The number of unbranched alkanes of at least 4 members (excludes halogenated alkanes) is 2. The third-order valence-electron chi connectivity index (χ3n) is 9.25. The molecule has 0 fully saturated rings. The van der Waals surface area contributed by atoms with Gasteiger partial charge in [-0.3, -0.25) is 14.8 Å². The molecule has 0 bridgehead atoms. The van der Waals surface area contributed by atoms with Gasteiger partial charge in [0.2, 0.25) is 0 Å². The molecule has 0 N–H and O–H groups in total. The first-order valence-electron chi connectivity index (χ1n) is 17.5. The van der Waals surface area contributed by atoms with Gasteiger partial charge in [0.1, 0.15) is 31.3 Å². The lowest BCUT2D eigenvalue weighted by atomic mass is 10.2. The van der Waals surface area contributed by atoms with Gasteiger partial charge in [-0.05, 0) is 63.5 Å². The van der Waals surface area contributed by atoms with Crippen molar-refractivity contribution in [2.75, 3.05) is 52.4 Å². The average Bonchev–Trinajstić information content (AvgIpc) is 3.82. The number of hydrogen-bond acceptors (Lipinski definition) is 11. The van der Waals surface area contributed by atoms with Gasteiger partial charge in [0, 0.05) is 71.0 Å². The Bertz CT molecular complexity index is 1510. The molecule has 4 heterocycles. The maximum absolute atomic E-state index is 11.5. The molecule has 0 radical (unpaired) electrons. The molecule has 0 saturated carbocycles. The lowest BCUT2D eigenvalue weighted by molar-refractivity contribution is -0.392. The van der Waals surface area contributed by atoms with E-state index in [1.165, 1.54) is 12.4 Å². The molecule has 16 heteroatoms. The Hall–Kier alpha value is -4.18. The Balaban J connectivity index is 0.00000319. The monoisotopic (exact) mass is 684 g/mol. The number of aryl methyl sites for hydroxylation is 4. The van der Waals surface area contributed by atoms with E-state index >= 15 is 0 Å². The molecule has 0 amide bonds. The first-order valence-corrected chi connectivity index (χ1v) is 17.5. The molecular weight excluding hydrogens is 628 g/mol. The molecule has 0 aromatic carbocycles. The number of amidine groups is 1. The second-order valence-corrected chi connectivity index (χ2v) is 12.4. The van der Waals surface area contributed by atoms with Crippen LogP contribution in [0.2, 0.25) is 0 Å². The van der Waals surface area contributed by atoms with Crippen molar-refractivity contribution in [3.8, 4) is 0 Å². The van der Waals surface area contributed by atoms with Crippen molar-refractivity contribution in [3.05, 3.63) is 62.0 Å². The van der Waals surface area contributed by atoms with Gasteiger partial charge in [-0.1, -0.05) is 20.3 Å². The maximum Gasteiger partial charge on any atom is 0.342 e. The molecule has 16 nitrogen and oxygen atoms in total. The van der Waals surface area contributed by atoms with Gasteiger partial charge >= 0.3 is 11.6 Å². The lowest BCUT2D eigenvalue weighted by Gasteiger charge is -2.29. The van der Waals surface area contributed by atoms with Crippen molar-refractivity contribution < 1.29 is 9.85 Å². The fourth-order valence-electron chi connectivity index (χ4n) is 6.32. The number of imidazole rings is 3. The van der Waals surface area contributed by atoms with Crippen molar-refractivity contribution >= 4 is 17.5 Å². The van der Waals surface area contributed by atoms with Crippen LogP contribution in [0.25, 0.3) is 0 Å². The highest BCUT2D eigenvalue weighted by Crippen LogP contribution is 2.16. The number of nitro groups is 2. The number of aromatic nitrogens is 6. The largest absolute Gasteiger partial charge is 0.358 e. The second-order valence-electron chi connectivity index (χ2n) is 12.4. The van der Waals surface area contributed by atoms with E-state index in [0.29, 0.717) is 43.9 Å². The highest BCUT2D eigenvalue weighted by atomic mass is 16.6. The molecule has 0 saturated heterocycles. The zero-order valence-electron chi connectivity index (χ0n) is 30.7. The van der Waals surface area contributed by atoms with E-state index in [1.807, 2.05) is 27.0 Å². The van der Waals surface area contributed by atoms with Crippen LogP contribution in [0.4, 0.5) is 11.6 Å². The number of nitrogens with zero attached hydrogens (tertiary/aromatic N) is 12. The summed E-state index contributed by atoms with van der Waals surface area (Å²) in [5.74, 6) is 3.37. The normalized spacial score (nSPS) is 14.4. The van der Waals surface area contributed by atoms with Gasteiger partial charge in [-0.25, -0.2) is 24.1 Å². The number of aliphatic imine (C=N–C) groups is 1. The zero-order valence-corrected chi connectivity index (χ0v) is 30.7. The lowest BCUT2D eigenvalue weighted by Crippen LogP contribution is -2.41. The highest BCUT2D eigenvalue weighted by molar-refractivity contribution is 5.81. The Kier molecular flexibility index (Phi) is 15.3. The van der Waals surface area contributed by atoms with Crippen LogP contribution >= 0.6 is 0 Å². The third-order valence-corrected chi connectivity index (χ3v) is 9.25. The highest BCUT2D eigenvalue weighted by Gasteiger charge is 2.23. The summed E-state index contributed by atoms with van der Waals surface area (Å²) in [7, 11) is 0. The smallest absolute Gasteiger partial charge is 0.342 e. The predicted molar refractivity (Wildman–Crippen MR) is 191 cm³/mol. The topological polar surface area (TPSA) is 162 Å². The van der Waals surface area contributed by atoms with Crippen molar-refractivity contribution in [3.63, 3.8) is 0 Å². The molecule has 49 heavy (non-hydrogen) atoms. The van der Waals surface area contributed by atoms with Crippen LogP contribution in [-0.2, 0) is 19.6 Å². The maximum atomic E-state index is 11.5. The van der Waals surface area contributed by atoms with E-state index in [-0.39, 0.29) is 21.5 Å². The molecule has 3 aromatic rings. The number of hydrogen-bond donors (Lipinski definition) is 0. The van der Waals surface area contributed by atoms with Gasteiger partial charge in [-0.15, -0.1) is 0 Å². The van der Waals surface area contributed by atoms with Gasteiger partial charge in [0.05, 0.1) is 12.4 Å². The molecule has 1 atom stereocenters. The van der Waals surface area contributed by atoms with Crippen molar-refractivity contribution in [2.24, 2.45) is 4.99 Å². The van der Waals surface area contributed by atoms with Crippen LogP contribution < -0.4 is 0 Å². The van der Waals surface area contributed by atoms with E-state index in [9.17, 15) is 20.2 Å². The van der Waals surface area contributed by atoms with Gasteiger partial charge in [0.15, 0.2) is 11.6 Å². The van der Waals surface area contributed by atoms with Gasteiger partial charge in [0.25, 0.3) is 0 Å². The fraction of sp³-hybridized carbons (Fsp3) is 0.697. The van der Waals surface area contributed by atoms with E-state index < -0.39 is 0 Å². The van der Waals surface area contributed by atoms with Crippen LogP contribution in [0.1, 0.15) is 70.1 Å². The second kappa shape index (κ2) is 19.1. The summed E-state index contributed by atoms with van der Waals surface area (Å²) in [6.07, 6.45) is 7.54. The quantitative estimate of drug-likeness (QED) is 0.0931. The van der Waals surface area contributed by atoms with Gasteiger partial charge in [-0.2, -0.15) is 0 Å². The summed E-state index contributed by atoms with van der Waals surface area (Å²) in [5, 5.41) is 23.1. The molecule has 1 aliphatic heterocycles. The van der Waals surface area contributed by atoms with Gasteiger partial charge < -0.3 is 29.7 Å². The molecule has 1 aliphatic rings. The van der Waals surface area contributed by atoms with E-state index in [4.69, 9.17) is 0 Å². The first kappa shape index (κ1) is 39.3. The van der Waals surface area contributed by atoms with Crippen LogP contribution in [0.3, 0.4) is 0 Å². The summed E-state index contributed by atoms with van der Waals surface area (Å²) in [6.45, 7) is 24.2. The summed E-state index contributed by atoms with van der Waals surface area (Å²) in [4.78, 5) is 46.8. The minimum atomic E-state index is -0.376. The Morgan fingerprint density at radius 2 is 1.10 bits per heavy atom. The van der Waals surface area contributed by atoms with E-state index in [1.54, 1.807) is 23.0 Å². The average molecular weight is 685 g/mol. The van der Waals surface area contributed by atoms with Crippen LogP contribution in [-0.4, -0.2) is 117 Å². The Morgan fingerprint density at radius 3 is 1.51 bits per heavy atom. The molecule has 3 aromatic heterocycles. The molecule has 0 spiro atoms. The zero-order chi connectivity index (χ0) is 36.1. The summed E-state index contributed by atoms with van der Waals surface area (Å²) < 4.78 is 5.57. The Labute approximate surface area is 290 Å². The fourth-order valence-corrected chi connectivity index (χ4v) is 6.32. The summed E-state index contributed by atoms with van der Waals surface area (Å²) in [6, 6.07) is 0.377. The van der Waals surface area contributed by atoms with Crippen LogP contribution in [0, 0.1) is 47.9 Å². The van der Waals surface area contributed by atoms with Crippen molar-refractivity contribution in [1.29, 1.82) is 0 Å². The third kappa shape index (κ3) is 10.9. The first-order chi connectivity index (χ1) is 23.5. The van der Waals surface area contributed by atoms with E-state index in [0.717, 1.165) is 82.4 Å².